The lowest BCUT2D eigenvalue weighted by Crippen LogP contribution is -2.30. The molecule has 144 valence electrons. The number of carbonyl (C=O) groups excluding carboxylic acids is 1. The van der Waals surface area contributed by atoms with E-state index in [1.54, 1.807) is 0 Å². The second-order valence-electron chi connectivity index (χ2n) is 7.76. The standard InChI is InChI=1S/C15H32NO7P/c1-14(2,3)11-15(4,5)8-13(18)23-12(9-17)10-22-24(19,20)21-7-6-16/h12,17H,6-11,16H2,1-5H3,(H,19,20). The molecule has 0 amide bonds. The molecule has 0 saturated heterocycles. The van der Waals surface area contributed by atoms with Crippen LogP contribution in [-0.4, -0.2) is 48.4 Å². The Morgan fingerprint density at radius 1 is 1.21 bits per heavy atom. The minimum atomic E-state index is -4.27. The molecule has 0 heterocycles. The maximum absolute atomic E-state index is 12.0. The Morgan fingerprint density at radius 3 is 2.25 bits per heavy atom. The van der Waals surface area contributed by atoms with Gasteiger partial charge in [-0.1, -0.05) is 34.6 Å². The Bertz CT molecular complexity index is 434. The summed E-state index contributed by atoms with van der Waals surface area (Å²) in [5, 5.41) is 9.24. The van der Waals surface area contributed by atoms with E-state index < -0.39 is 33.1 Å². The summed E-state index contributed by atoms with van der Waals surface area (Å²) >= 11 is 0. The molecule has 0 aliphatic heterocycles. The molecule has 0 aliphatic rings. The van der Waals surface area contributed by atoms with E-state index in [0.717, 1.165) is 6.42 Å². The van der Waals surface area contributed by atoms with Crippen LogP contribution >= 0.6 is 7.82 Å². The first-order valence-corrected chi connectivity index (χ1v) is 9.42. The summed E-state index contributed by atoms with van der Waals surface area (Å²) in [6.45, 7) is 9.15. The number of phosphoric ester groups is 1. The molecule has 0 fully saturated rings. The van der Waals surface area contributed by atoms with Gasteiger partial charge in [0.1, 0.15) is 6.10 Å². The third-order valence-electron chi connectivity index (χ3n) is 2.93. The van der Waals surface area contributed by atoms with Crippen LogP contribution in [0.15, 0.2) is 0 Å². The van der Waals surface area contributed by atoms with Crippen LogP contribution < -0.4 is 5.73 Å². The predicted octanol–water partition coefficient (Wildman–Crippen LogP) is 1.84. The Kier molecular flexibility index (Phi) is 9.64. The van der Waals surface area contributed by atoms with Gasteiger partial charge in [0.05, 0.1) is 26.2 Å². The summed E-state index contributed by atoms with van der Waals surface area (Å²) in [4.78, 5) is 21.4. The number of nitrogens with two attached hydrogens (primary N) is 1. The fourth-order valence-electron chi connectivity index (χ4n) is 2.62. The number of aliphatic hydroxyl groups is 1. The minimum absolute atomic E-state index is 0.0626. The number of carbonyl (C=O) groups is 1. The van der Waals surface area contributed by atoms with Crippen molar-refractivity contribution >= 4 is 13.8 Å². The molecule has 8 nitrogen and oxygen atoms in total. The van der Waals surface area contributed by atoms with Crippen LogP contribution in [0, 0.1) is 10.8 Å². The summed E-state index contributed by atoms with van der Waals surface area (Å²) in [5.74, 6) is -0.498. The van der Waals surface area contributed by atoms with Crippen LogP contribution in [0.25, 0.3) is 0 Å². The van der Waals surface area contributed by atoms with E-state index in [1.165, 1.54) is 0 Å². The van der Waals surface area contributed by atoms with Crippen LogP contribution in [0.1, 0.15) is 47.5 Å². The van der Waals surface area contributed by atoms with E-state index in [9.17, 15) is 19.4 Å². The summed E-state index contributed by atoms with van der Waals surface area (Å²) in [5.41, 5.74) is 4.96. The van der Waals surface area contributed by atoms with E-state index in [2.05, 4.69) is 25.3 Å². The summed E-state index contributed by atoms with van der Waals surface area (Å²) in [6, 6.07) is 0. The molecule has 0 saturated carbocycles. The Morgan fingerprint density at radius 2 is 1.79 bits per heavy atom. The van der Waals surface area contributed by atoms with Gasteiger partial charge in [-0.15, -0.1) is 0 Å². The molecule has 24 heavy (non-hydrogen) atoms. The highest BCUT2D eigenvalue weighted by Gasteiger charge is 2.30. The molecular weight excluding hydrogens is 337 g/mol. The highest BCUT2D eigenvalue weighted by atomic mass is 31.2. The van der Waals surface area contributed by atoms with Gasteiger partial charge >= 0.3 is 13.8 Å². The molecule has 0 aromatic carbocycles. The quantitative estimate of drug-likeness (QED) is 0.372. The van der Waals surface area contributed by atoms with Gasteiger partial charge < -0.3 is 20.5 Å². The molecule has 0 spiro atoms. The van der Waals surface area contributed by atoms with Gasteiger partial charge in [-0.05, 0) is 17.3 Å². The summed E-state index contributed by atoms with van der Waals surface area (Å²) < 4.78 is 25.9. The van der Waals surface area contributed by atoms with Crippen LogP contribution in [0.3, 0.4) is 0 Å². The van der Waals surface area contributed by atoms with Crippen molar-refractivity contribution in [3.05, 3.63) is 0 Å². The van der Waals surface area contributed by atoms with E-state index >= 15 is 0 Å². The van der Waals surface area contributed by atoms with Crippen molar-refractivity contribution < 1.29 is 33.1 Å². The predicted molar refractivity (Wildman–Crippen MR) is 90.2 cm³/mol. The first-order chi connectivity index (χ1) is 10.8. The molecule has 0 aliphatic carbocycles. The first kappa shape index (κ1) is 23.5. The first-order valence-electron chi connectivity index (χ1n) is 7.92. The number of hydrogen-bond donors (Lipinski definition) is 3. The van der Waals surface area contributed by atoms with Gasteiger partial charge in [0, 0.05) is 6.54 Å². The maximum Gasteiger partial charge on any atom is 0.472 e. The van der Waals surface area contributed by atoms with Crippen LogP contribution in [0.5, 0.6) is 0 Å². The van der Waals surface area contributed by atoms with E-state index in [4.69, 9.17) is 15.0 Å². The Balaban J connectivity index is 4.46. The van der Waals surface area contributed by atoms with Crippen molar-refractivity contribution in [1.29, 1.82) is 0 Å². The highest BCUT2D eigenvalue weighted by Crippen LogP contribution is 2.43. The lowest BCUT2D eigenvalue weighted by Gasteiger charge is -2.32. The molecule has 9 heteroatoms. The normalized spacial score (nSPS) is 16.5. The zero-order chi connectivity index (χ0) is 19.0. The lowest BCUT2D eigenvalue weighted by atomic mass is 9.74. The SMILES string of the molecule is CC(C)(C)CC(C)(C)CC(=O)OC(CO)COP(=O)(O)OCCN. The molecule has 0 aromatic rings. The molecule has 0 aromatic heterocycles. The topological polar surface area (TPSA) is 128 Å². The van der Waals surface area contributed by atoms with Gasteiger partial charge in [-0.25, -0.2) is 4.57 Å². The zero-order valence-corrected chi connectivity index (χ0v) is 16.2. The molecular formula is C15H32NO7P. The number of phosphoric acid groups is 1. The monoisotopic (exact) mass is 369 g/mol. The number of aliphatic hydroxyl groups excluding tert-OH is 1. The van der Waals surface area contributed by atoms with Crippen molar-refractivity contribution in [3.8, 4) is 0 Å². The van der Waals surface area contributed by atoms with Crippen LogP contribution in [0.2, 0.25) is 0 Å². The largest absolute Gasteiger partial charge is 0.472 e. The number of ether oxygens (including phenoxy) is 1. The molecule has 0 bridgehead atoms. The van der Waals surface area contributed by atoms with Gasteiger partial charge in [0.15, 0.2) is 0 Å². The third-order valence-corrected chi connectivity index (χ3v) is 3.91. The number of rotatable bonds is 11. The van der Waals surface area contributed by atoms with Crippen molar-refractivity contribution in [2.24, 2.45) is 16.6 Å². The third kappa shape index (κ3) is 11.9. The van der Waals surface area contributed by atoms with E-state index in [1.807, 2.05) is 13.8 Å². The van der Waals surface area contributed by atoms with Crippen molar-refractivity contribution in [2.45, 2.75) is 53.6 Å². The molecule has 2 unspecified atom stereocenters. The average Bonchev–Trinajstić information content (AvgIpc) is 2.37. The van der Waals surface area contributed by atoms with Gasteiger partial charge in [0.25, 0.3) is 0 Å². The Hall–Kier alpha value is -0.500. The molecule has 2 atom stereocenters. The molecule has 0 rings (SSSR count). The average molecular weight is 369 g/mol. The smallest absolute Gasteiger partial charge is 0.457 e. The lowest BCUT2D eigenvalue weighted by molar-refractivity contribution is -0.156. The second-order valence-corrected chi connectivity index (χ2v) is 9.21. The second kappa shape index (κ2) is 9.85. The van der Waals surface area contributed by atoms with Crippen molar-refractivity contribution in [1.82, 2.24) is 0 Å². The van der Waals surface area contributed by atoms with Crippen LogP contribution in [-0.2, 0) is 23.1 Å². The Labute approximate surface area is 144 Å². The van der Waals surface area contributed by atoms with Gasteiger partial charge in [0.2, 0.25) is 0 Å². The summed E-state index contributed by atoms with van der Waals surface area (Å²) in [6.07, 6.45) is -0.0556. The van der Waals surface area contributed by atoms with Crippen LogP contribution in [0.4, 0.5) is 0 Å². The van der Waals surface area contributed by atoms with Crippen molar-refractivity contribution in [3.63, 3.8) is 0 Å². The van der Waals surface area contributed by atoms with E-state index in [-0.39, 0.29) is 30.4 Å². The number of esters is 1. The highest BCUT2D eigenvalue weighted by molar-refractivity contribution is 7.47. The van der Waals surface area contributed by atoms with Gasteiger partial charge in [-0.3, -0.25) is 13.8 Å². The minimum Gasteiger partial charge on any atom is -0.457 e. The fraction of sp³-hybridized carbons (Fsp3) is 0.933. The maximum atomic E-state index is 12.0. The molecule has 4 N–H and O–H groups in total. The zero-order valence-electron chi connectivity index (χ0n) is 15.3. The number of hydrogen-bond acceptors (Lipinski definition) is 7. The molecule has 0 radical (unpaired) electrons. The van der Waals surface area contributed by atoms with Gasteiger partial charge in [-0.2, -0.15) is 0 Å². The fourth-order valence-corrected chi connectivity index (χ4v) is 3.39. The van der Waals surface area contributed by atoms with Crippen molar-refractivity contribution in [2.75, 3.05) is 26.4 Å². The summed E-state index contributed by atoms with van der Waals surface area (Å²) in [7, 11) is -4.27. The van der Waals surface area contributed by atoms with E-state index in [0.29, 0.717) is 0 Å².